The molecule has 4 rings (SSSR count). The number of benzene rings is 2. The molecule has 0 unspecified atom stereocenters. The summed E-state index contributed by atoms with van der Waals surface area (Å²) in [4.78, 5) is 13.6. The lowest BCUT2D eigenvalue weighted by molar-refractivity contribution is 0.0951. The van der Waals surface area contributed by atoms with Crippen LogP contribution in [0.1, 0.15) is 32.1 Å². The molecule has 0 radical (unpaired) electrons. The normalized spacial score (nSPS) is 11.0. The van der Waals surface area contributed by atoms with Crippen molar-refractivity contribution in [2.75, 3.05) is 0 Å². The summed E-state index contributed by atoms with van der Waals surface area (Å²) in [5, 5.41) is 4.13. The largest absolute Gasteiger partial charge is 0.467 e. The van der Waals surface area contributed by atoms with Gasteiger partial charge in [0.2, 0.25) is 0 Å². The van der Waals surface area contributed by atoms with Crippen LogP contribution in [0.5, 0.6) is 0 Å². The third-order valence-electron chi connectivity index (χ3n) is 4.41. The zero-order chi connectivity index (χ0) is 17.9. The third-order valence-corrected chi connectivity index (χ3v) is 5.62. The van der Waals surface area contributed by atoms with E-state index in [-0.39, 0.29) is 5.91 Å². The molecule has 2 aromatic carbocycles. The van der Waals surface area contributed by atoms with Crippen molar-refractivity contribution in [3.8, 4) is 0 Å². The van der Waals surface area contributed by atoms with Crippen LogP contribution in [0.15, 0.2) is 71.3 Å². The number of aryl methyl sites for hydroxylation is 1. The zero-order valence-corrected chi connectivity index (χ0v) is 15.3. The Morgan fingerprint density at radius 3 is 2.62 bits per heavy atom. The van der Waals surface area contributed by atoms with Gasteiger partial charge in [0.1, 0.15) is 5.76 Å². The maximum absolute atomic E-state index is 12.8. The van der Waals surface area contributed by atoms with Crippen molar-refractivity contribution in [2.24, 2.45) is 0 Å². The molecule has 0 aliphatic heterocycles. The number of furan rings is 1. The van der Waals surface area contributed by atoms with Crippen molar-refractivity contribution < 1.29 is 9.21 Å². The van der Waals surface area contributed by atoms with Gasteiger partial charge in [-0.25, -0.2) is 0 Å². The topological polar surface area (TPSA) is 42.2 Å². The average molecular weight is 361 g/mol. The molecule has 0 aliphatic rings. The average Bonchev–Trinajstić information content (AvgIpc) is 3.30. The second-order valence-corrected chi connectivity index (χ2v) is 7.38. The fraction of sp³-hybridized carbons (Fsp3) is 0.136. The monoisotopic (exact) mass is 361 g/mol. The highest BCUT2D eigenvalue weighted by Gasteiger charge is 2.18. The van der Waals surface area contributed by atoms with Crippen LogP contribution in [-0.2, 0) is 13.0 Å². The maximum Gasteiger partial charge on any atom is 0.262 e. The Kier molecular flexibility index (Phi) is 4.59. The molecule has 1 amide bonds. The lowest BCUT2D eigenvalue weighted by atomic mass is 10.0. The first-order chi connectivity index (χ1) is 12.7. The highest BCUT2D eigenvalue weighted by Crippen LogP contribution is 2.33. The first-order valence-electron chi connectivity index (χ1n) is 8.57. The molecule has 0 fully saturated rings. The molecule has 0 saturated heterocycles. The zero-order valence-electron chi connectivity index (χ0n) is 14.5. The van der Waals surface area contributed by atoms with Crippen molar-refractivity contribution in [2.45, 2.75) is 19.9 Å². The van der Waals surface area contributed by atoms with Gasteiger partial charge in [-0.2, -0.15) is 0 Å². The van der Waals surface area contributed by atoms with Crippen molar-refractivity contribution in [1.82, 2.24) is 5.32 Å². The van der Waals surface area contributed by atoms with Crippen molar-refractivity contribution in [1.29, 1.82) is 0 Å². The fourth-order valence-electron chi connectivity index (χ4n) is 3.03. The lowest BCUT2D eigenvalue weighted by Gasteiger charge is -2.07. The van der Waals surface area contributed by atoms with E-state index >= 15 is 0 Å². The van der Waals surface area contributed by atoms with E-state index in [1.54, 1.807) is 17.6 Å². The van der Waals surface area contributed by atoms with Gasteiger partial charge < -0.3 is 9.73 Å². The molecule has 130 valence electrons. The van der Waals surface area contributed by atoms with Crippen LogP contribution < -0.4 is 5.32 Å². The molecule has 0 saturated carbocycles. The van der Waals surface area contributed by atoms with Crippen LogP contribution >= 0.6 is 11.3 Å². The quantitative estimate of drug-likeness (QED) is 0.522. The summed E-state index contributed by atoms with van der Waals surface area (Å²) in [5.41, 5.74) is 3.53. The fourth-order valence-corrected chi connectivity index (χ4v) is 4.17. The summed E-state index contributed by atoms with van der Waals surface area (Å²) in [6.07, 6.45) is 2.36. The number of thiophene rings is 1. The van der Waals surface area contributed by atoms with Crippen LogP contribution in [0.3, 0.4) is 0 Å². The Bertz CT molecular complexity index is 1030. The van der Waals surface area contributed by atoms with Crippen LogP contribution in [0, 0.1) is 6.92 Å². The third kappa shape index (κ3) is 3.41. The van der Waals surface area contributed by atoms with E-state index < -0.39 is 0 Å². The molecule has 0 atom stereocenters. The standard InChI is InChI=1S/C22H19NO2S/c1-15-8-10-16(11-9-15)13-19-18-6-2-3-7-20(18)26-21(19)22(24)23-14-17-5-4-12-25-17/h2-12H,13-14H2,1H3,(H,23,24). The molecule has 4 heteroatoms. The van der Waals surface area contributed by atoms with E-state index in [1.165, 1.54) is 11.1 Å². The highest BCUT2D eigenvalue weighted by atomic mass is 32.1. The SMILES string of the molecule is Cc1ccc(Cc2c(C(=O)NCc3ccco3)sc3ccccc23)cc1. The smallest absolute Gasteiger partial charge is 0.262 e. The molecular weight excluding hydrogens is 342 g/mol. The Labute approximate surface area is 156 Å². The Morgan fingerprint density at radius 1 is 1.04 bits per heavy atom. The summed E-state index contributed by atoms with van der Waals surface area (Å²) in [6.45, 7) is 2.47. The molecule has 26 heavy (non-hydrogen) atoms. The summed E-state index contributed by atoms with van der Waals surface area (Å²) in [7, 11) is 0. The van der Waals surface area contributed by atoms with Gasteiger partial charge >= 0.3 is 0 Å². The highest BCUT2D eigenvalue weighted by molar-refractivity contribution is 7.21. The minimum absolute atomic E-state index is 0.0512. The summed E-state index contributed by atoms with van der Waals surface area (Å²) in [5.74, 6) is 0.698. The molecule has 3 nitrogen and oxygen atoms in total. The van der Waals surface area contributed by atoms with Crippen LogP contribution in [0.2, 0.25) is 0 Å². The van der Waals surface area contributed by atoms with Gasteiger partial charge in [0, 0.05) is 4.70 Å². The van der Waals surface area contributed by atoms with Gasteiger partial charge in [0.25, 0.3) is 5.91 Å². The molecule has 0 aliphatic carbocycles. The summed E-state index contributed by atoms with van der Waals surface area (Å²) in [6, 6.07) is 20.4. The second-order valence-electron chi connectivity index (χ2n) is 6.33. The molecule has 0 bridgehead atoms. The van der Waals surface area contributed by atoms with Gasteiger partial charge in [-0.15, -0.1) is 11.3 Å². The summed E-state index contributed by atoms with van der Waals surface area (Å²) < 4.78 is 6.44. The van der Waals surface area contributed by atoms with Crippen molar-refractivity contribution >= 4 is 27.3 Å². The van der Waals surface area contributed by atoms with E-state index in [4.69, 9.17) is 4.42 Å². The minimum atomic E-state index is -0.0512. The molecular formula is C22H19NO2S. The Balaban J connectivity index is 1.66. The maximum atomic E-state index is 12.8. The summed E-state index contributed by atoms with van der Waals surface area (Å²) >= 11 is 1.55. The van der Waals surface area contributed by atoms with Crippen molar-refractivity contribution in [3.63, 3.8) is 0 Å². The van der Waals surface area contributed by atoms with Gasteiger partial charge in [-0.1, -0.05) is 48.0 Å². The lowest BCUT2D eigenvalue weighted by Crippen LogP contribution is -2.22. The van der Waals surface area contributed by atoms with Gasteiger partial charge in [-0.05, 0) is 48.1 Å². The van der Waals surface area contributed by atoms with Crippen LogP contribution in [-0.4, -0.2) is 5.91 Å². The first kappa shape index (κ1) is 16.6. The minimum Gasteiger partial charge on any atom is -0.467 e. The Hall–Kier alpha value is -2.85. The van der Waals surface area contributed by atoms with E-state index in [1.807, 2.05) is 24.3 Å². The predicted octanol–water partition coefficient (Wildman–Crippen LogP) is 5.32. The number of carbonyl (C=O) groups excluding carboxylic acids is 1. The van der Waals surface area contributed by atoms with E-state index in [0.717, 1.165) is 32.7 Å². The van der Waals surface area contributed by atoms with Gasteiger partial charge in [0.05, 0.1) is 17.7 Å². The number of hydrogen-bond acceptors (Lipinski definition) is 3. The number of fused-ring (bicyclic) bond motifs is 1. The van der Waals surface area contributed by atoms with E-state index in [9.17, 15) is 4.79 Å². The number of hydrogen-bond donors (Lipinski definition) is 1. The number of nitrogens with one attached hydrogen (secondary N) is 1. The Morgan fingerprint density at radius 2 is 1.85 bits per heavy atom. The van der Waals surface area contributed by atoms with Crippen molar-refractivity contribution in [3.05, 3.63) is 94.3 Å². The number of amides is 1. The molecule has 1 N–H and O–H groups in total. The van der Waals surface area contributed by atoms with Crippen LogP contribution in [0.4, 0.5) is 0 Å². The molecule has 0 spiro atoms. The molecule has 2 aromatic heterocycles. The predicted molar refractivity (Wildman–Crippen MR) is 106 cm³/mol. The van der Waals surface area contributed by atoms with E-state index in [0.29, 0.717) is 6.54 Å². The number of rotatable bonds is 5. The first-order valence-corrected chi connectivity index (χ1v) is 9.39. The van der Waals surface area contributed by atoms with Gasteiger partial charge in [0.15, 0.2) is 0 Å². The number of carbonyl (C=O) groups is 1. The van der Waals surface area contributed by atoms with E-state index in [2.05, 4.69) is 48.6 Å². The molecule has 4 aromatic rings. The second kappa shape index (κ2) is 7.18. The molecule has 2 heterocycles. The van der Waals surface area contributed by atoms with Crippen LogP contribution in [0.25, 0.3) is 10.1 Å². The van der Waals surface area contributed by atoms with Gasteiger partial charge in [-0.3, -0.25) is 4.79 Å².